The van der Waals surface area contributed by atoms with E-state index < -0.39 is 0 Å². The first kappa shape index (κ1) is 26.1. The van der Waals surface area contributed by atoms with E-state index >= 15 is 0 Å². The van der Waals surface area contributed by atoms with E-state index in [-0.39, 0.29) is 18.0 Å². The van der Waals surface area contributed by atoms with Gasteiger partial charge in [0.2, 0.25) is 5.91 Å². The zero-order chi connectivity index (χ0) is 25.1. The number of ether oxygens (including phenoxy) is 1. The number of piperazine rings is 1. The summed E-state index contributed by atoms with van der Waals surface area (Å²) in [5.74, 6) is 0.976. The molecule has 0 aliphatic carbocycles. The van der Waals surface area contributed by atoms with Crippen LogP contribution in [0.15, 0.2) is 51.5 Å². The van der Waals surface area contributed by atoms with Crippen LogP contribution in [0.1, 0.15) is 31.5 Å². The van der Waals surface area contributed by atoms with Gasteiger partial charge in [-0.3, -0.25) is 9.69 Å². The van der Waals surface area contributed by atoms with Crippen molar-refractivity contribution < 1.29 is 9.53 Å². The van der Waals surface area contributed by atoms with Crippen LogP contribution in [-0.2, 0) is 17.8 Å². The van der Waals surface area contributed by atoms with E-state index in [0.29, 0.717) is 37.5 Å². The molecule has 1 aliphatic rings. The van der Waals surface area contributed by atoms with Crippen LogP contribution in [0.25, 0.3) is 5.69 Å². The number of carbonyl (C=O) groups is 1. The Morgan fingerprint density at radius 3 is 2.57 bits per heavy atom. The Labute approximate surface area is 227 Å². The molecule has 1 aromatic heterocycles. The summed E-state index contributed by atoms with van der Waals surface area (Å²) in [7, 11) is 1.66. The van der Waals surface area contributed by atoms with Crippen molar-refractivity contribution in [1.29, 1.82) is 0 Å². The van der Waals surface area contributed by atoms with E-state index in [1.54, 1.807) is 11.8 Å². The van der Waals surface area contributed by atoms with E-state index in [9.17, 15) is 4.79 Å². The fourth-order valence-electron chi connectivity index (χ4n) is 4.51. The molecule has 1 fully saturated rings. The highest BCUT2D eigenvalue weighted by atomic mass is 79.9. The SMILES string of the molecule is COc1cc(Br)ccc1CCC(=O)N1C[C@@H](C)N(Cc2cn(-c3ccc(Br)c(Cl)c3)nn2)[C@@H](C)C1. The molecule has 1 amide bonds. The van der Waals surface area contributed by atoms with Crippen LogP contribution in [0.4, 0.5) is 0 Å². The minimum absolute atomic E-state index is 0.173. The van der Waals surface area contributed by atoms with Crippen LogP contribution in [-0.4, -0.2) is 63.0 Å². The monoisotopic (exact) mass is 623 g/mol. The Balaban J connectivity index is 1.35. The molecule has 35 heavy (non-hydrogen) atoms. The molecule has 4 rings (SSSR count). The van der Waals surface area contributed by atoms with Gasteiger partial charge in [-0.2, -0.15) is 0 Å². The quantitative estimate of drug-likeness (QED) is 0.347. The highest BCUT2D eigenvalue weighted by Gasteiger charge is 2.32. The van der Waals surface area contributed by atoms with Crippen LogP contribution in [0.3, 0.4) is 0 Å². The third-order valence-electron chi connectivity index (χ3n) is 6.36. The molecule has 7 nitrogen and oxygen atoms in total. The number of methoxy groups -OCH3 is 1. The Morgan fingerprint density at radius 1 is 1.14 bits per heavy atom. The first-order valence-electron chi connectivity index (χ1n) is 11.5. The van der Waals surface area contributed by atoms with Gasteiger partial charge in [-0.15, -0.1) is 5.10 Å². The van der Waals surface area contributed by atoms with Gasteiger partial charge in [0.25, 0.3) is 0 Å². The molecule has 1 aliphatic heterocycles. The summed E-state index contributed by atoms with van der Waals surface area (Å²) in [5, 5.41) is 9.27. The van der Waals surface area contributed by atoms with Crippen LogP contribution < -0.4 is 4.74 Å². The molecule has 2 aromatic carbocycles. The number of aryl methyl sites for hydroxylation is 1. The molecule has 0 spiro atoms. The number of hydrogen-bond acceptors (Lipinski definition) is 5. The summed E-state index contributed by atoms with van der Waals surface area (Å²) in [4.78, 5) is 17.4. The van der Waals surface area contributed by atoms with Gasteiger partial charge < -0.3 is 9.64 Å². The van der Waals surface area contributed by atoms with E-state index in [2.05, 4.69) is 60.9 Å². The van der Waals surface area contributed by atoms with Crippen molar-refractivity contribution in [2.24, 2.45) is 0 Å². The topological polar surface area (TPSA) is 63.5 Å². The number of halogens is 3. The van der Waals surface area contributed by atoms with Crippen molar-refractivity contribution in [3.8, 4) is 11.4 Å². The molecule has 2 atom stereocenters. The molecule has 10 heteroatoms. The molecule has 0 N–H and O–H groups in total. The van der Waals surface area contributed by atoms with Crippen LogP contribution in [0.2, 0.25) is 5.02 Å². The standard InChI is InChI=1S/C25H28Br2ClN5O2/c1-16-12-31(25(34)9-5-18-4-6-19(26)10-24(18)35-3)13-17(2)32(16)14-20-15-33(30-29-20)21-7-8-22(27)23(28)11-21/h4,6-8,10-11,15-17H,5,9,12-14H2,1-3H3/t16-,17+. The molecule has 0 bridgehead atoms. The lowest BCUT2D eigenvalue weighted by Gasteiger charge is -2.44. The first-order chi connectivity index (χ1) is 16.7. The Bertz CT molecular complexity index is 1190. The predicted octanol–water partition coefficient (Wildman–Crippen LogP) is 5.51. The fourth-order valence-corrected chi connectivity index (χ4v) is 5.27. The molecule has 2 heterocycles. The van der Waals surface area contributed by atoms with E-state index in [1.165, 1.54) is 0 Å². The maximum atomic E-state index is 13.0. The summed E-state index contributed by atoms with van der Waals surface area (Å²) in [6, 6.07) is 12.0. The Kier molecular flexibility index (Phi) is 8.52. The van der Waals surface area contributed by atoms with Crippen molar-refractivity contribution in [3.05, 3.63) is 67.8 Å². The number of carbonyl (C=O) groups excluding carboxylic acids is 1. The lowest BCUT2D eigenvalue weighted by molar-refractivity contribution is -0.135. The van der Waals surface area contributed by atoms with Gasteiger partial charge in [0, 0.05) is 47.1 Å². The summed E-state index contributed by atoms with van der Waals surface area (Å²) in [6.45, 7) is 6.37. The maximum Gasteiger partial charge on any atom is 0.223 e. The van der Waals surface area contributed by atoms with Crippen LogP contribution >= 0.6 is 43.5 Å². The largest absolute Gasteiger partial charge is 0.496 e. The van der Waals surface area contributed by atoms with Gasteiger partial charge >= 0.3 is 0 Å². The van der Waals surface area contributed by atoms with Crippen LogP contribution in [0.5, 0.6) is 5.75 Å². The van der Waals surface area contributed by atoms with Gasteiger partial charge in [0.1, 0.15) is 5.75 Å². The van der Waals surface area contributed by atoms with E-state index in [0.717, 1.165) is 31.6 Å². The van der Waals surface area contributed by atoms with E-state index in [1.807, 2.05) is 47.5 Å². The third kappa shape index (κ3) is 6.25. The Hall–Kier alpha value is -1.94. The van der Waals surface area contributed by atoms with Crippen molar-refractivity contribution in [2.75, 3.05) is 20.2 Å². The molecule has 0 unspecified atom stereocenters. The zero-order valence-electron chi connectivity index (χ0n) is 19.9. The minimum atomic E-state index is 0.173. The lowest BCUT2D eigenvalue weighted by Crippen LogP contribution is -2.57. The van der Waals surface area contributed by atoms with Gasteiger partial charge in [-0.25, -0.2) is 4.68 Å². The molecule has 0 radical (unpaired) electrons. The van der Waals surface area contributed by atoms with Gasteiger partial charge in [0.15, 0.2) is 0 Å². The molecular weight excluding hydrogens is 598 g/mol. The van der Waals surface area contributed by atoms with Gasteiger partial charge in [-0.1, -0.05) is 38.8 Å². The third-order valence-corrected chi connectivity index (χ3v) is 8.09. The number of hydrogen-bond donors (Lipinski definition) is 0. The Morgan fingerprint density at radius 2 is 1.89 bits per heavy atom. The molecule has 0 saturated carbocycles. The average molecular weight is 626 g/mol. The van der Waals surface area contributed by atoms with E-state index in [4.69, 9.17) is 16.3 Å². The minimum Gasteiger partial charge on any atom is -0.496 e. The summed E-state index contributed by atoms with van der Waals surface area (Å²) >= 11 is 13.1. The lowest BCUT2D eigenvalue weighted by atomic mass is 10.0. The molecule has 3 aromatic rings. The second kappa shape index (κ2) is 11.4. The van der Waals surface area contributed by atoms with Gasteiger partial charge in [0.05, 0.1) is 29.7 Å². The van der Waals surface area contributed by atoms with Crippen molar-refractivity contribution in [1.82, 2.24) is 24.8 Å². The molecule has 1 saturated heterocycles. The molecule has 186 valence electrons. The fraction of sp³-hybridized carbons (Fsp3) is 0.400. The number of amides is 1. The zero-order valence-corrected chi connectivity index (χ0v) is 23.8. The van der Waals surface area contributed by atoms with Gasteiger partial charge in [-0.05, 0) is 72.1 Å². The number of aromatic nitrogens is 3. The number of nitrogens with zero attached hydrogens (tertiary/aromatic N) is 5. The van der Waals surface area contributed by atoms with Crippen molar-refractivity contribution in [2.45, 2.75) is 45.3 Å². The normalized spacial score (nSPS) is 18.6. The predicted molar refractivity (Wildman–Crippen MR) is 144 cm³/mol. The van der Waals surface area contributed by atoms with Crippen molar-refractivity contribution in [3.63, 3.8) is 0 Å². The summed E-state index contributed by atoms with van der Waals surface area (Å²) in [6.07, 6.45) is 3.05. The smallest absolute Gasteiger partial charge is 0.223 e. The maximum absolute atomic E-state index is 13.0. The summed E-state index contributed by atoms with van der Waals surface area (Å²) < 4.78 is 9.01. The second-order valence-corrected chi connectivity index (χ2v) is 11.1. The highest BCUT2D eigenvalue weighted by Crippen LogP contribution is 2.27. The number of rotatable bonds is 7. The van der Waals surface area contributed by atoms with Crippen molar-refractivity contribution >= 4 is 49.4 Å². The number of benzene rings is 2. The first-order valence-corrected chi connectivity index (χ1v) is 13.4. The second-order valence-electron chi connectivity index (χ2n) is 8.88. The van der Waals surface area contributed by atoms with Crippen LogP contribution in [0, 0.1) is 0 Å². The summed E-state index contributed by atoms with van der Waals surface area (Å²) in [5.41, 5.74) is 2.78. The highest BCUT2D eigenvalue weighted by molar-refractivity contribution is 9.10. The molecular formula is C25H28Br2ClN5O2. The average Bonchev–Trinajstić information content (AvgIpc) is 3.30.